The Kier molecular flexibility index (Phi) is 5.48. The normalized spacial score (nSPS) is 15.2. The van der Waals surface area contributed by atoms with E-state index in [1.165, 1.54) is 11.3 Å². The quantitative estimate of drug-likeness (QED) is 0.874. The molecule has 3 rings (SSSR count). The number of benzene rings is 1. The number of hydrogen-bond donors (Lipinski definition) is 2. The Morgan fingerprint density at radius 2 is 2.04 bits per heavy atom. The zero-order valence-corrected chi connectivity index (χ0v) is 14.9. The highest BCUT2D eigenvalue weighted by atomic mass is 32.1. The van der Waals surface area contributed by atoms with Gasteiger partial charge in [0.1, 0.15) is 15.6 Å². The van der Waals surface area contributed by atoms with Gasteiger partial charge in [0, 0.05) is 11.6 Å². The van der Waals surface area contributed by atoms with Gasteiger partial charge in [0.25, 0.3) is 5.91 Å². The number of aryl methyl sites for hydroxylation is 1. The molecule has 0 unspecified atom stereocenters. The fourth-order valence-electron chi connectivity index (χ4n) is 2.81. The third-order valence-electron chi connectivity index (χ3n) is 4.09. The molecule has 0 aliphatic carbocycles. The molecule has 1 aliphatic rings. The monoisotopic (exact) mass is 345 g/mol. The third-order valence-corrected chi connectivity index (χ3v) is 5.29. The molecule has 1 aromatic heterocycles. The van der Waals surface area contributed by atoms with Crippen LogP contribution in [-0.2, 0) is 0 Å². The van der Waals surface area contributed by atoms with E-state index in [0.717, 1.165) is 47.9 Å². The van der Waals surface area contributed by atoms with Crippen molar-refractivity contribution < 1.29 is 9.53 Å². The summed E-state index contributed by atoms with van der Waals surface area (Å²) in [6.45, 7) is 6.43. The Balaban J connectivity index is 1.72. The molecule has 1 saturated heterocycles. The molecule has 2 aromatic rings. The van der Waals surface area contributed by atoms with Gasteiger partial charge < -0.3 is 15.4 Å². The number of piperidine rings is 1. The van der Waals surface area contributed by atoms with Gasteiger partial charge in [0.05, 0.1) is 12.3 Å². The van der Waals surface area contributed by atoms with Crippen molar-refractivity contribution in [3.8, 4) is 16.3 Å². The van der Waals surface area contributed by atoms with Crippen LogP contribution < -0.4 is 15.4 Å². The van der Waals surface area contributed by atoms with E-state index in [-0.39, 0.29) is 11.9 Å². The predicted octanol–water partition coefficient (Wildman–Crippen LogP) is 3.00. The van der Waals surface area contributed by atoms with E-state index in [0.29, 0.717) is 11.5 Å². The molecule has 2 N–H and O–H groups in total. The largest absolute Gasteiger partial charge is 0.494 e. The molecule has 0 atom stereocenters. The van der Waals surface area contributed by atoms with E-state index in [2.05, 4.69) is 15.6 Å². The van der Waals surface area contributed by atoms with Crippen LogP contribution in [0.25, 0.3) is 10.6 Å². The molecule has 1 amide bonds. The number of nitrogens with zero attached hydrogens (tertiary/aromatic N) is 1. The minimum Gasteiger partial charge on any atom is -0.494 e. The van der Waals surface area contributed by atoms with Crippen molar-refractivity contribution in [2.75, 3.05) is 19.7 Å². The van der Waals surface area contributed by atoms with Crippen molar-refractivity contribution in [1.82, 2.24) is 15.6 Å². The Labute approximate surface area is 146 Å². The lowest BCUT2D eigenvalue weighted by molar-refractivity contribution is 0.0933. The summed E-state index contributed by atoms with van der Waals surface area (Å²) in [6.07, 6.45) is 1.96. The van der Waals surface area contributed by atoms with Crippen LogP contribution in [0, 0.1) is 6.92 Å². The fourth-order valence-corrected chi connectivity index (χ4v) is 3.78. The zero-order chi connectivity index (χ0) is 16.9. The van der Waals surface area contributed by atoms with Crippen LogP contribution in [0.4, 0.5) is 0 Å². The van der Waals surface area contributed by atoms with Crippen molar-refractivity contribution in [2.45, 2.75) is 32.7 Å². The number of carbonyl (C=O) groups is 1. The number of nitrogens with one attached hydrogen (secondary N) is 2. The summed E-state index contributed by atoms with van der Waals surface area (Å²) in [4.78, 5) is 17.8. The van der Waals surface area contributed by atoms with Crippen LogP contribution in [0.3, 0.4) is 0 Å². The number of amides is 1. The first-order valence-electron chi connectivity index (χ1n) is 8.39. The van der Waals surface area contributed by atoms with Gasteiger partial charge in [-0.2, -0.15) is 0 Å². The molecule has 1 fully saturated rings. The molecule has 0 bridgehead atoms. The molecular formula is C18H23N3O2S. The second-order valence-electron chi connectivity index (χ2n) is 5.89. The third kappa shape index (κ3) is 3.94. The molecule has 0 spiro atoms. The van der Waals surface area contributed by atoms with Crippen LogP contribution in [0.5, 0.6) is 5.75 Å². The average Bonchev–Trinajstić information content (AvgIpc) is 2.99. The fraction of sp³-hybridized carbons (Fsp3) is 0.444. The number of hydrogen-bond acceptors (Lipinski definition) is 5. The van der Waals surface area contributed by atoms with Gasteiger partial charge in [-0.05, 0) is 64.0 Å². The van der Waals surface area contributed by atoms with Crippen molar-refractivity contribution in [3.05, 3.63) is 34.8 Å². The Hall–Kier alpha value is -1.92. The highest BCUT2D eigenvalue weighted by molar-refractivity contribution is 7.17. The van der Waals surface area contributed by atoms with E-state index < -0.39 is 0 Å². The van der Waals surface area contributed by atoms with E-state index in [1.807, 2.05) is 38.1 Å². The van der Waals surface area contributed by atoms with Crippen molar-refractivity contribution in [1.29, 1.82) is 0 Å². The molecule has 1 aliphatic heterocycles. The molecule has 6 heteroatoms. The summed E-state index contributed by atoms with van der Waals surface area (Å²) in [5.41, 5.74) is 1.79. The van der Waals surface area contributed by atoms with Crippen LogP contribution in [0.15, 0.2) is 24.3 Å². The van der Waals surface area contributed by atoms with E-state index in [1.54, 1.807) is 0 Å². The first kappa shape index (κ1) is 16.9. The smallest absolute Gasteiger partial charge is 0.263 e. The lowest BCUT2D eigenvalue weighted by Crippen LogP contribution is -2.42. The van der Waals surface area contributed by atoms with Gasteiger partial charge in [-0.25, -0.2) is 4.98 Å². The van der Waals surface area contributed by atoms with Gasteiger partial charge in [0.2, 0.25) is 0 Å². The number of ether oxygens (including phenoxy) is 1. The lowest BCUT2D eigenvalue weighted by atomic mass is 10.1. The number of thiazole rings is 1. The molecule has 2 heterocycles. The molecule has 1 aromatic carbocycles. The van der Waals surface area contributed by atoms with Crippen LogP contribution in [-0.4, -0.2) is 36.6 Å². The Morgan fingerprint density at radius 3 is 2.71 bits per heavy atom. The topological polar surface area (TPSA) is 63.2 Å². The van der Waals surface area contributed by atoms with E-state index >= 15 is 0 Å². The highest BCUT2D eigenvalue weighted by Gasteiger charge is 2.20. The van der Waals surface area contributed by atoms with Crippen LogP contribution >= 0.6 is 11.3 Å². The van der Waals surface area contributed by atoms with Crippen molar-refractivity contribution >= 4 is 17.2 Å². The first-order valence-corrected chi connectivity index (χ1v) is 9.21. The van der Waals surface area contributed by atoms with Gasteiger partial charge >= 0.3 is 0 Å². The summed E-state index contributed by atoms with van der Waals surface area (Å²) < 4.78 is 5.46. The van der Waals surface area contributed by atoms with Crippen LogP contribution in [0.1, 0.15) is 35.1 Å². The lowest BCUT2D eigenvalue weighted by Gasteiger charge is -2.23. The predicted molar refractivity (Wildman–Crippen MR) is 96.8 cm³/mol. The molecule has 128 valence electrons. The zero-order valence-electron chi connectivity index (χ0n) is 14.1. The summed E-state index contributed by atoms with van der Waals surface area (Å²) >= 11 is 1.45. The maximum Gasteiger partial charge on any atom is 0.263 e. The van der Waals surface area contributed by atoms with E-state index in [9.17, 15) is 4.79 Å². The first-order chi connectivity index (χ1) is 11.7. The van der Waals surface area contributed by atoms with Gasteiger partial charge in [-0.1, -0.05) is 0 Å². The van der Waals surface area contributed by atoms with E-state index in [4.69, 9.17) is 4.74 Å². The summed E-state index contributed by atoms with van der Waals surface area (Å²) in [7, 11) is 0. The average molecular weight is 345 g/mol. The molecule has 0 saturated carbocycles. The number of aromatic nitrogens is 1. The van der Waals surface area contributed by atoms with Crippen LogP contribution in [0.2, 0.25) is 0 Å². The minimum absolute atomic E-state index is 0.00548. The highest BCUT2D eigenvalue weighted by Crippen LogP contribution is 2.29. The van der Waals surface area contributed by atoms with Crippen molar-refractivity contribution in [2.24, 2.45) is 0 Å². The molecular weight excluding hydrogens is 322 g/mol. The van der Waals surface area contributed by atoms with Gasteiger partial charge in [-0.15, -0.1) is 11.3 Å². The maximum absolute atomic E-state index is 12.5. The Bertz CT molecular complexity index is 691. The number of rotatable bonds is 5. The second-order valence-corrected chi connectivity index (χ2v) is 6.89. The SMILES string of the molecule is CCOc1ccc(-c2nc(C)c(C(=O)NC3CCNCC3)s2)cc1. The van der Waals surface area contributed by atoms with Gasteiger partial charge in [-0.3, -0.25) is 4.79 Å². The van der Waals surface area contributed by atoms with Gasteiger partial charge in [0.15, 0.2) is 0 Å². The summed E-state index contributed by atoms with van der Waals surface area (Å²) in [5.74, 6) is 0.840. The van der Waals surface area contributed by atoms with Crippen molar-refractivity contribution in [3.63, 3.8) is 0 Å². The number of carbonyl (C=O) groups excluding carboxylic acids is 1. The standard InChI is InChI=1S/C18H23N3O2S/c1-3-23-15-6-4-13(5-7-15)18-20-12(2)16(24-18)17(22)21-14-8-10-19-11-9-14/h4-7,14,19H,3,8-11H2,1-2H3,(H,21,22). The second kappa shape index (κ2) is 7.77. The summed E-state index contributed by atoms with van der Waals surface area (Å²) in [6, 6.07) is 8.10. The minimum atomic E-state index is -0.00548. The Morgan fingerprint density at radius 1 is 1.33 bits per heavy atom. The molecule has 24 heavy (non-hydrogen) atoms. The molecule has 0 radical (unpaired) electrons. The maximum atomic E-state index is 12.5. The molecule has 5 nitrogen and oxygen atoms in total. The summed E-state index contributed by atoms with van der Waals surface area (Å²) in [5, 5.41) is 7.31.